The Hall–Kier alpha value is -4.22. The van der Waals surface area contributed by atoms with E-state index in [1.165, 1.54) is 30.3 Å². The Morgan fingerprint density at radius 2 is 1.03 bits per heavy atom. The Morgan fingerprint density at radius 1 is 0.600 bits per heavy atom. The third-order valence-electron chi connectivity index (χ3n) is 4.63. The molecule has 0 aromatic heterocycles. The van der Waals surface area contributed by atoms with Crippen molar-refractivity contribution >= 4 is 34.8 Å². The zero-order valence-corrected chi connectivity index (χ0v) is 17.9. The number of anilines is 4. The van der Waals surface area contributed by atoms with Crippen LogP contribution in [-0.2, 0) is 12.4 Å². The van der Waals surface area contributed by atoms with Crippen molar-refractivity contribution in [2.45, 2.75) is 19.3 Å². The van der Waals surface area contributed by atoms with Gasteiger partial charge in [0.2, 0.25) is 0 Å². The lowest BCUT2D eigenvalue weighted by molar-refractivity contribution is -0.138. The van der Waals surface area contributed by atoms with Gasteiger partial charge in [-0.3, -0.25) is 0 Å². The van der Waals surface area contributed by atoms with Gasteiger partial charge in [0, 0.05) is 22.7 Å². The second-order valence-electron chi connectivity index (χ2n) is 7.35. The summed E-state index contributed by atoms with van der Waals surface area (Å²) >= 11 is 0. The van der Waals surface area contributed by atoms with Gasteiger partial charge in [-0.15, -0.1) is 0 Å². The van der Waals surface area contributed by atoms with Crippen LogP contribution in [0.15, 0.2) is 66.7 Å². The second-order valence-corrected chi connectivity index (χ2v) is 7.35. The molecule has 4 N–H and O–H groups in total. The van der Waals surface area contributed by atoms with Gasteiger partial charge in [-0.05, 0) is 67.1 Å². The van der Waals surface area contributed by atoms with E-state index in [2.05, 4.69) is 21.3 Å². The average molecular weight is 496 g/mol. The number of benzene rings is 3. The van der Waals surface area contributed by atoms with E-state index in [4.69, 9.17) is 0 Å². The molecule has 0 bridgehead atoms. The van der Waals surface area contributed by atoms with E-state index in [0.717, 1.165) is 36.4 Å². The molecule has 3 rings (SSSR count). The van der Waals surface area contributed by atoms with Crippen molar-refractivity contribution in [1.82, 2.24) is 0 Å². The van der Waals surface area contributed by atoms with E-state index in [-0.39, 0.29) is 17.1 Å². The number of urea groups is 2. The molecule has 0 radical (unpaired) electrons. The van der Waals surface area contributed by atoms with Gasteiger partial charge in [-0.25, -0.2) is 9.59 Å². The number of amides is 4. The van der Waals surface area contributed by atoms with Crippen molar-refractivity contribution in [1.29, 1.82) is 0 Å². The molecule has 4 amide bonds. The Balaban J connectivity index is 1.60. The van der Waals surface area contributed by atoms with Crippen LogP contribution in [0.3, 0.4) is 0 Å². The summed E-state index contributed by atoms with van der Waals surface area (Å²) in [6.07, 6.45) is -9.11. The summed E-state index contributed by atoms with van der Waals surface area (Å²) < 4.78 is 76.8. The molecule has 0 aliphatic heterocycles. The van der Waals surface area contributed by atoms with Gasteiger partial charge in [-0.1, -0.05) is 12.1 Å². The first-order valence-electron chi connectivity index (χ1n) is 9.92. The molecule has 0 unspecified atom stereocenters. The minimum absolute atomic E-state index is 0.0560. The normalized spacial score (nSPS) is 11.5. The Bertz CT molecular complexity index is 1240. The highest BCUT2D eigenvalue weighted by Crippen LogP contribution is 2.31. The van der Waals surface area contributed by atoms with Crippen LogP contribution < -0.4 is 21.3 Å². The lowest BCUT2D eigenvalue weighted by atomic mass is 10.1. The summed E-state index contributed by atoms with van der Waals surface area (Å²) in [4.78, 5) is 24.4. The van der Waals surface area contributed by atoms with Crippen molar-refractivity contribution in [3.05, 3.63) is 83.4 Å². The highest BCUT2D eigenvalue weighted by atomic mass is 19.4. The fourth-order valence-electron chi connectivity index (χ4n) is 3.01. The van der Waals surface area contributed by atoms with Crippen molar-refractivity contribution in [2.24, 2.45) is 0 Å². The van der Waals surface area contributed by atoms with Gasteiger partial charge in [-0.2, -0.15) is 26.3 Å². The number of carbonyl (C=O) groups is 2. The lowest BCUT2D eigenvalue weighted by Crippen LogP contribution is -2.21. The Kier molecular flexibility index (Phi) is 7.22. The summed E-state index contributed by atoms with van der Waals surface area (Å²) in [6.45, 7) is 1.61. The smallest absolute Gasteiger partial charge is 0.308 e. The first kappa shape index (κ1) is 25.4. The molecule has 0 heterocycles. The average Bonchev–Trinajstić information content (AvgIpc) is 2.75. The molecule has 0 spiro atoms. The molecule has 0 saturated carbocycles. The maximum Gasteiger partial charge on any atom is 0.416 e. The predicted molar refractivity (Wildman–Crippen MR) is 119 cm³/mol. The summed E-state index contributed by atoms with van der Waals surface area (Å²) in [5.41, 5.74) is -0.830. The largest absolute Gasteiger partial charge is 0.416 e. The monoisotopic (exact) mass is 496 g/mol. The molecule has 184 valence electrons. The van der Waals surface area contributed by atoms with Crippen LogP contribution in [0.25, 0.3) is 0 Å². The number of hydrogen-bond donors (Lipinski definition) is 4. The first-order chi connectivity index (χ1) is 16.3. The Morgan fingerprint density at radius 3 is 1.46 bits per heavy atom. The molecule has 0 aliphatic carbocycles. The number of rotatable bonds is 4. The topological polar surface area (TPSA) is 82.3 Å². The van der Waals surface area contributed by atoms with Crippen LogP contribution in [0.1, 0.15) is 16.7 Å². The summed E-state index contributed by atoms with van der Waals surface area (Å²) in [5.74, 6) is 0. The standard InChI is InChI=1S/C23H18F6N4O2/c1-13-10-18(32-20(34)30-16-6-2-4-14(11-16)22(24,25)26)8-9-19(13)33-21(35)31-17-7-3-5-15(12-17)23(27,28)29/h2-12H,1H3,(H2,30,32,34)(H2,31,33,35). The minimum atomic E-state index is -4.55. The summed E-state index contributed by atoms with van der Waals surface area (Å²) in [5, 5.41) is 9.57. The van der Waals surface area contributed by atoms with Crippen LogP contribution in [0, 0.1) is 6.92 Å². The van der Waals surface area contributed by atoms with E-state index in [9.17, 15) is 35.9 Å². The van der Waals surface area contributed by atoms with Crippen LogP contribution in [0.5, 0.6) is 0 Å². The van der Waals surface area contributed by atoms with Crippen molar-refractivity contribution in [3.63, 3.8) is 0 Å². The van der Waals surface area contributed by atoms with Crippen LogP contribution in [0.2, 0.25) is 0 Å². The predicted octanol–water partition coefficient (Wildman–Crippen LogP) is 7.32. The molecule has 12 heteroatoms. The van der Waals surface area contributed by atoms with Crippen LogP contribution in [0.4, 0.5) is 58.7 Å². The number of halogens is 6. The maximum atomic E-state index is 12.8. The number of hydrogen-bond acceptors (Lipinski definition) is 2. The van der Waals surface area contributed by atoms with Gasteiger partial charge in [0.15, 0.2) is 0 Å². The molecule has 3 aromatic rings. The van der Waals surface area contributed by atoms with E-state index in [1.807, 2.05) is 0 Å². The molecular weight excluding hydrogens is 478 g/mol. The molecular formula is C23H18F6N4O2. The summed E-state index contributed by atoms with van der Waals surface area (Å²) in [6, 6.07) is 11.1. The lowest BCUT2D eigenvalue weighted by Gasteiger charge is -2.14. The maximum absolute atomic E-state index is 12.8. The molecule has 35 heavy (non-hydrogen) atoms. The van der Waals surface area contributed by atoms with Crippen molar-refractivity contribution < 1.29 is 35.9 Å². The van der Waals surface area contributed by atoms with Crippen LogP contribution in [-0.4, -0.2) is 12.1 Å². The van der Waals surface area contributed by atoms with E-state index >= 15 is 0 Å². The second kappa shape index (κ2) is 9.95. The number of nitrogens with one attached hydrogen (secondary N) is 4. The van der Waals surface area contributed by atoms with Crippen molar-refractivity contribution in [3.8, 4) is 0 Å². The van der Waals surface area contributed by atoms with Gasteiger partial charge < -0.3 is 21.3 Å². The molecule has 0 atom stereocenters. The number of aryl methyl sites for hydroxylation is 1. The molecule has 0 aliphatic rings. The zero-order chi connectivity index (χ0) is 25.8. The number of alkyl halides is 6. The first-order valence-corrected chi connectivity index (χ1v) is 9.92. The molecule has 3 aromatic carbocycles. The molecule has 0 fully saturated rings. The SMILES string of the molecule is Cc1cc(NC(=O)Nc2cccc(C(F)(F)F)c2)ccc1NC(=O)Nc1cccc(C(F)(F)F)c1. The highest BCUT2D eigenvalue weighted by Gasteiger charge is 2.31. The van der Waals surface area contributed by atoms with Gasteiger partial charge >= 0.3 is 24.4 Å². The van der Waals surface area contributed by atoms with E-state index in [0.29, 0.717) is 11.3 Å². The third kappa shape index (κ3) is 7.13. The molecule has 6 nitrogen and oxygen atoms in total. The Labute approximate surface area is 195 Å². The minimum Gasteiger partial charge on any atom is -0.308 e. The summed E-state index contributed by atoms with van der Waals surface area (Å²) in [7, 11) is 0. The van der Waals surface area contributed by atoms with E-state index in [1.54, 1.807) is 6.92 Å². The van der Waals surface area contributed by atoms with Gasteiger partial charge in [0.1, 0.15) is 0 Å². The number of carbonyl (C=O) groups excluding carboxylic acids is 2. The highest BCUT2D eigenvalue weighted by molar-refractivity contribution is 6.02. The third-order valence-corrected chi connectivity index (χ3v) is 4.63. The fraction of sp³-hybridized carbons (Fsp3) is 0.130. The fourth-order valence-corrected chi connectivity index (χ4v) is 3.01. The van der Waals surface area contributed by atoms with E-state index < -0.39 is 35.5 Å². The zero-order valence-electron chi connectivity index (χ0n) is 17.9. The van der Waals surface area contributed by atoms with Crippen molar-refractivity contribution in [2.75, 3.05) is 21.3 Å². The van der Waals surface area contributed by atoms with Gasteiger partial charge in [0.25, 0.3) is 0 Å². The van der Waals surface area contributed by atoms with Gasteiger partial charge in [0.05, 0.1) is 11.1 Å². The quantitative estimate of drug-likeness (QED) is 0.286. The molecule has 0 saturated heterocycles. The van der Waals surface area contributed by atoms with Crippen LogP contribution >= 0.6 is 0 Å².